The van der Waals surface area contributed by atoms with Crippen LogP contribution in [0.25, 0.3) is 50.6 Å². The lowest BCUT2D eigenvalue weighted by Crippen LogP contribution is -2.18. The number of rotatable bonds is 16. The Morgan fingerprint density at radius 2 is 0.787 bits per heavy atom. The Morgan fingerprint density at radius 1 is 0.383 bits per heavy atom. The van der Waals surface area contributed by atoms with Crippen LogP contribution in [0.1, 0.15) is 73.6 Å². The van der Waals surface area contributed by atoms with Gasteiger partial charge in [-0.2, -0.15) is 26.3 Å². The molecule has 0 saturated heterocycles. The van der Waals surface area contributed by atoms with Crippen LogP contribution in [0.4, 0.5) is 39.5 Å². The molecular formula is C70H70F9N5O10. The summed E-state index contributed by atoms with van der Waals surface area (Å²) in [5.41, 5.74) is 1.24. The average Bonchev–Trinajstić information content (AvgIpc) is 0.817. The zero-order valence-electron chi connectivity index (χ0n) is 53.5. The third-order valence-electron chi connectivity index (χ3n) is 13.2. The van der Waals surface area contributed by atoms with E-state index in [9.17, 15) is 53.9 Å². The monoisotopic (exact) mass is 1310 g/mol. The van der Waals surface area contributed by atoms with Crippen molar-refractivity contribution in [2.75, 3.05) is 41.2 Å². The average molecular weight is 1310 g/mol. The first-order valence-electron chi connectivity index (χ1n) is 29.0. The molecule has 0 unspecified atom stereocenters. The van der Waals surface area contributed by atoms with Crippen molar-refractivity contribution in [2.24, 2.45) is 16.2 Å². The Morgan fingerprint density at radius 3 is 1.13 bits per heavy atom. The molecule has 4 aromatic carbocycles. The van der Waals surface area contributed by atoms with Gasteiger partial charge in [-0.05, 0) is 118 Å². The predicted molar refractivity (Wildman–Crippen MR) is 339 cm³/mol. The molecule has 15 nitrogen and oxygen atoms in total. The normalized spacial score (nSPS) is 11.9. The summed E-state index contributed by atoms with van der Waals surface area (Å²) in [6.45, 7) is 20.0. The predicted octanol–water partition coefficient (Wildman–Crippen LogP) is 16.5. The van der Waals surface area contributed by atoms with Gasteiger partial charge in [0.2, 0.25) is 0 Å². The molecule has 0 saturated carbocycles. The van der Waals surface area contributed by atoms with Crippen LogP contribution >= 0.6 is 0 Å². The van der Waals surface area contributed by atoms with Crippen LogP contribution in [0.3, 0.4) is 0 Å². The molecule has 0 aliphatic heterocycles. The van der Waals surface area contributed by atoms with Gasteiger partial charge in [0.25, 0.3) is 16.7 Å². The van der Waals surface area contributed by atoms with Crippen LogP contribution in [-0.4, -0.2) is 71.2 Å². The molecule has 5 heterocycles. The van der Waals surface area contributed by atoms with E-state index in [-0.39, 0.29) is 44.4 Å². The number of hydrogen-bond acceptors (Lipinski definition) is 12. The zero-order valence-corrected chi connectivity index (χ0v) is 53.5. The fourth-order valence-corrected chi connectivity index (χ4v) is 8.59. The van der Waals surface area contributed by atoms with Gasteiger partial charge < -0.3 is 33.2 Å². The van der Waals surface area contributed by atoms with Gasteiger partial charge in [-0.15, -0.1) is 13.2 Å². The minimum absolute atomic E-state index is 0.0242. The Balaban J connectivity index is 0.000000200. The van der Waals surface area contributed by atoms with Crippen LogP contribution in [-0.2, 0) is 12.4 Å². The van der Waals surface area contributed by atoms with Gasteiger partial charge in [-0.3, -0.25) is 38.1 Å². The summed E-state index contributed by atoms with van der Waals surface area (Å²) in [4.78, 5) is 45.4. The van der Waals surface area contributed by atoms with Gasteiger partial charge in [0.1, 0.15) is 11.4 Å². The molecule has 5 aromatic heterocycles. The molecule has 9 aromatic rings. The van der Waals surface area contributed by atoms with Gasteiger partial charge in [0.05, 0.1) is 69.5 Å². The van der Waals surface area contributed by atoms with E-state index in [1.807, 2.05) is 0 Å². The maximum Gasteiger partial charge on any atom is 0.573 e. The van der Waals surface area contributed by atoms with Gasteiger partial charge in [-0.1, -0.05) is 80.5 Å². The molecule has 0 bridgehead atoms. The molecule has 9 rings (SSSR count). The molecule has 0 atom stereocenters. The van der Waals surface area contributed by atoms with Crippen molar-refractivity contribution < 1.29 is 72.7 Å². The standard InChI is InChI=1S/C24H24F3NO4.2C23H23F3N2O3/c1-23(2,3)15-31-20-9-8-18(14-21(20)30-4)28-11-10-17(13-22(28)29)16-6-5-7-19(12-16)32-24(25,26)27;1-22(2,3)14-31-18-7-6-17(12-19(18)30-4)28-10-9-15(11-21(28)29)16-5-8-20(27-13-16)23(24,25)26;1-22(2,3)14-31-19-8-6-17(12-20(19)30-4)28-10-9-15(11-21(28)29)18-7-5-16(13-27-18)23(24,25)26/h5-14H,15H2,1-4H3;2*5-13H,14H2,1-4H3. The number of ether oxygens (including phenoxy) is 7. The summed E-state index contributed by atoms with van der Waals surface area (Å²) in [5, 5.41) is 0. The van der Waals surface area contributed by atoms with E-state index in [4.69, 9.17) is 28.4 Å². The molecule has 0 radical (unpaired) electrons. The second-order valence-electron chi connectivity index (χ2n) is 24.9. The fraction of sp³-hybridized carbons (Fsp3) is 0.300. The number of benzene rings is 4. The van der Waals surface area contributed by atoms with Crippen molar-refractivity contribution in [3.63, 3.8) is 0 Å². The summed E-state index contributed by atoms with van der Waals surface area (Å²) in [5.74, 6) is 2.82. The van der Waals surface area contributed by atoms with Gasteiger partial charge >= 0.3 is 18.7 Å². The molecule has 0 aliphatic rings. The van der Waals surface area contributed by atoms with Gasteiger partial charge in [-0.25, -0.2) is 0 Å². The van der Waals surface area contributed by atoms with E-state index in [1.54, 1.807) is 97.5 Å². The smallest absolute Gasteiger partial charge is 0.493 e. The largest absolute Gasteiger partial charge is 0.573 e. The summed E-state index contributed by atoms with van der Waals surface area (Å²) in [6, 6.07) is 34.2. The van der Waals surface area contributed by atoms with Crippen LogP contribution in [0, 0.1) is 16.2 Å². The summed E-state index contributed by atoms with van der Waals surface area (Å²) < 4.78 is 156. The van der Waals surface area contributed by atoms with E-state index in [0.717, 1.165) is 24.5 Å². The van der Waals surface area contributed by atoms with Crippen molar-refractivity contribution in [1.29, 1.82) is 0 Å². The lowest BCUT2D eigenvalue weighted by Gasteiger charge is -2.20. The number of aromatic nitrogens is 5. The number of alkyl halides is 9. The molecule has 94 heavy (non-hydrogen) atoms. The Kier molecular flexibility index (Phi) is 22.3. The van der Waals surface area contributed by atoms with Crippen molar-refractivity contribution in [2.45, 2.75) is 81.0 Å². The first kappa shape index (κ1) is 71.4. The minimum atomic E-state index is -4.79. The van der Waals surface area contributed by atoms with E-state index >= 15 is 0 Å². The minimum Gasteiger partial charge on any atom is -0.493 e. The Hall–Kier alpha value is -10.0. The first-order chi connectivity index (χ1) is 43.9. The zero-order chi connectivity index (χ0) is 69.1. The molecular weight excluding hydrogens is 1240 g/mol. The highest BCUT2D eigenvalue weighted by Crippen LogP contribution is 2.36. The van der Waals surface area contributed by atoms with Crippen molar-refractivity contribution >= 4 is 0 Å². The highest BCUT2D eigenvalue weighted by atomic mass is 19.4. The quantitative estimate of drug-likeness (QED) is 0.0845. The lowest BCUT2D eigenvalue weighted by atomic mass is 9.99. The highest BCUT2D eigenvalue weighted by Gasteiger charge is 2.33. The van der Waals surface area contributed by atoms with Crippen molar-refractivity contribution in [3.8, 4) is 90.8 Å². The second-order valence-corrected chi connectivity index (χ2v) is 24.9. The van der Waals surface area contributed by atoms with Gasteiger partial charge in [0.15, 0.2) is 34.5 Å². The van der Waals surface area contributed by atoms with Crippen LogP contribution < -0.4 is 49.8 Å². The number of nitrogens with zero attached hydrogens (tertiary/aromatic N) is 5. The molecule has 0 spiro atoms. The second kappa shape index (κ2) is 29.3. The van der Waals surface area contributed by atoms with E-state index < -0.39 is 30.0 Å². The molecule has 0 aliphatic carbocycles. The van der Waals surface area contributed by atoms with Crippen LogP contribution in [0.15, 0.2) is 185 Å². The maximum atomic E-state index is 12.7. The molecule has 24 heteroatoms. The van der Waals surface area contributed by atoms with Crippen molar-refractivity contribution in [3.05, 3.63) is 213 Å². The topological polar surface area (TPSA) is 156 Å². The molecule has 0 N–H and O–H groups in total. The lowest BCUT2D eigenvalue weighted by molar-refractivity contribution is -0.274. The van der Waals surface area contributed by atoms with Crippen molar-refractivity contribution in [1.82, 2.24) is 23.7 Å². The van der Waals surface area contributed by atoms with E-state index in [1.165, 1.54) is 83.6 Å². The molecule has 498 valence electrons. The Labute approximate surface area is 536 Å². The van der Waals surface area contributed by atoms with Crippen LogP contribution in [0.5, 0.6) is 40.2 Å². The number of halogens is 9. The van der Waals surface area contributed by atoms with E-state index in [0.29, 0.717) is 99.2 Å². The molecule has 0 fully saturated rings. The fourth-order valence-electron chi connectivity index (χ4n) is 8.59. The number of methoxy groups -OCH3 is 3. The first-order valence-corrected chi connectivity index (χ1v) is 29.0. The third-order valence-corrected chi connectivity index (χ3v) is 13.2. The summed E-state index contributed by atoms with van der Waals surface area (Å²) in [7, 11) is 4.56. The Bertz CT molecular complexity index is 4060. The third kappa shape index (κ3) is 20.2. The summed E-state index contributed by atoms with van der Waals surface area (Å²) in [6.07, 6.45) is -7.25. The molecule has 0 amide bonds. The summed E-state index contributed by atoms with van der Waals surface area (Å²) >= 11 is 0. The SMILES string of the molecule is COc1cc(-n2ccc(-c3ccc(C(F)(F)F)cn3)cc2=O)ccc1OCC(C)(C)C.COc1cc(-n2ccc(-c3ccc(C(F)(F)F)nc3)cc2=O)ccc1OCC(C)(C)C.COc1cc(-n2ccc(-c3cccc(OC(F)(F)F)c3)cc2=O)ccc1OCC(C)(C)C. The maximum absolute atomic E-state index is 12.7. The van der Waals surface area contributed by atoms with Gasteiger partial charge in [0, 0.05) is 78.5 Å². The highest BCUT2D eigenvalue weighted by molar-refractivity contribution is 5.66. The van der Waals surface area contributed by atoms with E-state index in [2.05, 4.69) is 77.0 Å². The van der Waals surface area contributed by atoms with Crippen LogP contribution in [0.2, 0.25) is 0 Å². The number of hydrogen-bond donors (Lipinski definition) is 0. The number of pyridine rings is 5.